The van der Waals surface area contributed by atoms with Crippen LogP contribution in [0.4, 0.5) is 0 Å². The number of fused-ring (bicyclic) bond motifs is 4. The van der Waals surface area contributed by atoms with E-state index in [0.717, 1.165) is 66.4 Å². The lowest BCUT2D eigenvalue weighted by atomic mass is 9.91. The van der Waals surface area contributed by atoms with Gasteiger partial charge in [0.15, 0.2) is 0 Å². The number of nitrogens with zero attached hydrogens (tertiary/aromatic N) is 3. The first-order valence-corrected chi connectivity index (χ1v) is 12.1. The molecule has 4 heterocycles. The SMILES string of the molecule is Cc1ccc(C2=NN3[C@H](C2)c2cc(Br)ccc2OC32CCN(Cc3ccccc3)CC2)o1. The number of hydrogen-bond donors (Lipinski definition) is 0. The van der Waals surface area contributed by atoms with Crippen molar-refractivity contribution in [3.05, 3.63) is 87.8 Å². The average Bonchev–Trinajstić information content (AvgIpc) is 3.44. The summed E-state index contributed by atoms with van der Waals surface area (Å²) in [6.07, 6.45) is 2.66. The second-order valence-corrected chi connectivity index (χ2v) is 9.93. The predicted molar refractivity (Wildman–Crippen MR) is 128 cm³/mol. The highest BCUT2D eigenvalue weighted by Crippen LogP contribution is 2.50. The van der Waals surface area contributed by atoms with Crippen molar-refractivity contribution in [1.29, 1.82) is 0 Å². The standard InChI is InChI=1S/C26H26BrN3O2/c1-18-7-9-25(31-18)22-16-23-21-15-20(27)8-10-24(21)32-26(30(23)28-22)11-13-29(14-12-26)17-19-5-3-2-4-6-19/h2-10,15,23H,11-14,16-17H2,1H3/t23-/m1/s1. The van der Waals surface area contributed by atoms with Crippen molar-refractivity contribution >= 4 is 21.6 Å². The number of aryl methyl sites for hydroxylation is 1. The van der Waals surface area contributed by atoms with E-state index in [1.165, 1.54) is 11.1 Å². The molecule has 3 aromatic rings. The highest BCUT2D eigenvalue weighted by Gasteiger charge is 2.52. The van der Waals surface area contributed by atoms with Gasteiger partial charge < -0.3 is 9.15 Å². The Balaban J connectivity index is 1.31. The maximum Gasteiger partial charge on any atom is 0.200 e. The zero-order valence-corrected chi connectivity index (χ0v) is 19.7. The Kier molecular flexibility index (Phi) is 4.88. The molecule has 0 amide bonds. The molecule has 164 valence electrons. The summed E-state index contributed by atoms with van der Waals surface area (Å²) in [6, 6.07) is 21.3. The van der Waals surface area contributed by atoms with E-state index in [9.17, 15) is 0 Å². The molecule has 0 bridgehead atoms. The molecule has 3 aliphatic heterocycles. The lowest BCUT2D eigenvalue weighted by Gasteiger charge is -2.51. The van der Waals surface area contributed by atoms with Crippen LogP contribution >= 0.6 is 15.9 Å². The third-order valence-corrected chi connectivity index (χ3v) is 7.36. The summed E-state index contributed by atoms with van der Waals surface area (Å²) in [5.41, 5.74) is 3.14. The number of hydrogen-bond acceptors (Lipinski definition) is 5. The number of hydrazone groups is 1. The highest BCUT2D eigenvalue weighted by atomic mass is 79.9. The van der Waals surface area contributed by atoms with E-state index in [-0.39, 0.29) is 6.04 Å². The van der Waals surface area contributed by atoms with Crippen molar-refractivity contribution in [1.82, 2.24) is 9.91 Å². The van der Waals surface area contributed by atoms with Crippen LogP contribution in [0.3, 0.4) is 0 Å². The van der Waals surface area contributed by atoms with Crippen LogP contribution in [0, 0.1) is 6.92 Å². The van der Waals surface area contributed by atoms with Crippen LogP contribution in [-0.2, 0) is 6.54 Å². The molecule has 1 saturated heterocycles. The Morgan fingerprint density at radius 2 is 1.88 bits per heavy atom. The second-order valence-electron chi connectivity index (χ2n) is 9.01. The summed E-state index contributed by atoms with van der Waals surface area (Å²) in [5, 5.41) is 7.35. The fourth-order valence-electron chi connectivity index (χ4n) is 5.22. The summed E-state index contributed by atoms with van der Waals surface area (Å²) >= 11 is 3.64. The van der Waals surface area contributed by atoms with Gasteiger partial charge in [0.1, 0.15) is 23.0 Å². The Morgan fingerprint density at radius 3 is 2.62 bits per heavy atom. The molecule has 1 atom stereocenters. The van der Waals surface area contributed by atoms with Gasteiger partial charge in [-0.3, -0.25) is 4.90 Å². The molecule has 1 aromatic heterocycles. The van der Waals surface area contributed by atoms with Crippen molar-refractivity contribution in [3.8, 4) is 5.75 Å². The van der Waals surface area contributed by atoms with E-state index in [1.54, 1.807) is 0 Å². The molecule has 0 aliphatic carbocycles. The first-order chi connectivity index (χ1) is 15.6. The molecule has 6 heteroatoms. The maximum atomic E-state index is 6.76. The van der Waals surface area contributed by atoms with Crippen LogP contribution in [0.2, 0.25) is 0 Å². The van der Waals surface area contributed by atoms with Gasteiger partial charge in [0.05, 0.1) is 6.04 Å². The molecule has 6 rings (SSSR count). The molecule has 32 heavy (non-hydrogen) atoms. The van der Waals surface area contributed by atoms with Crippen LogP contribution in [0.25, 0.3) is 0 Å². The van der Waals surface area contributed by atoms with E-state index in [1.807, 2.05) is 19.1 Å². The Labute approximate surface area is 196 Å². The smallest absolute Gasteiger partial charge is 0.200 e. The minimum atomic E-state index is -0.415. The maximum absolute atomic E-state index is 6.76. The fraction of sp³-hybridized carbons (Fsp3) is 0.346. The molecular weight excluding hydrogens is 466 g/mol. The van der Waals surface area contributed by atoms with Gasteiger partial charge in [-0.05, 0) is 42.8 Å². The summed E-state index contributed by atoms with van der Waals surface area (Å²) < 4.78 is 13.8. The number of halogens is 1. The van der Waals surface area contributed by atoms with Crippen LogP contribution in [0.5, 0.6) is 5.75 Å². The molecule has 0 radical (unpaired) electrons. The van der Waals surface area contributed by atoms with Gasteiger partial charge in [-0.15, -0.1) is 0 Å². The van der Waals surface area contributed by atoms with Gasteiger partial charge in [-0.1, -0.05) is 46.3 Å². The molecule has 0 saturated carbocycles. The Hall–Kier alpha value is -2.57. The zero-order chi connectivity index (χ0) is 21.7. The fourth-order valence-corrected chi connectivity index (χ4v) is 5.60. The minimum Gasteiger partial charge on any atom is -0.466 e. The molecule has 2 aromatic carbocycles. The lowest BCUT2D eigenvalue weighted by molar-refractivity contribution is -0.150. The van der Waals surface area contributed by atoms with E-state index in [0.29, 0.717) is 0 Å². The summed E-state index contributed by atoms with van der Waals surface area (Å²) in [5.74, 6) is 2.76. The van der Waals surface area contributed by atoms with E-state index >= 15 is 0 Å². The summed E-state index contributed by atoms with van der Waals surface area (Å²) in [7, 11) is 0. The van der Waals surface area contributed by atoms with E-state index < -0.39 is 5.72 Å². The Bertz CT molecular complexity index is 1160. The topological polar surface area (TPSA) is 41.2 Å². The molecule has 0 N–H and O–H groups in total. The normalized spacial score (nSPS) is 21.8. The number of benzene rings is 2. The van der Waals surface area contributed by atoms with Crippen molar-refractivity contribution in [2.45, 2.75) is 44.5 Å². The first kappa shape index (κ1) is 20.1. The van der Waals surface area contributed by atoms with Gasteiger partial charge in [0, 0.05) is 48.9 Å². The van der Waals surface area contributed by atoms with Gasteiger partial charge in [-0.2, -0.15) is 5.10 Å². The van der Waals surface area contributed by atoms with Crippen LogP contribution in [0.1, 0.15) is 48.0 Å². The molecule has 1 fully saturated rings. The molecule has 0 unspecified atom stereocenters. The van der Waals surface area contributed by atoms with E-state index in [4.69, 9.17) is 14.3 Å². The van der Waals surface area contributed by atoms with Gasteiger partial charge in [0.25, 0.3) is 0 Å². The third-order valence-electron chi connectivity index (χ3n) is 6.87. The molecular formula is C26H26BrN3O2. The first-order valence-electron chi connectivity index (χ1n) is 11.3. The average molecular weight is 492 g/mol. The van der Waals surface area contributed by atoms with Crippen molar-refractivity contribution in [2.75, 3.05) is 13.1 Å². The zero-order valence-electron chi connectivity index (χ0n) is 18.1. The number of furan rings is 1. The van der Waals surface area contributed by atoms with Crippen molar-refractivity contribution in [2.24, 2.45) is 5.10 Å². The molecule has 1 spiro atoms. The number of likely N-dealkylation sites (tertiary alicyclic amines) is 1. The highest BCUT2D eigenvalue weighted by molar-refractivity contribution is 9.10. The predicted octanol–water partition coefficient (Wildman–Crippen LogP) is 5.89. The van der Waals surface area contributed by atoms with Crippen LogP contribution in [-0.4, -0.2) is 34.4 Å². The minimum absolute atomic E-state index is 0.164. The lowest BCUT2D eigenvalue weighted by Crippen LogP contribution is -2.59. The van der Waals surface area contributed by atoms with Gasteiger partial charge in [0.2, 0.25) is 5.72 Å². The van der Waals surface area contributed by atoms with Crippen molar-refractivity contribution < 1.29 is 9.15 Å². The Morgan fingerprint density at radius 1 is 1.06 bits per heavy atom. The number of piperidine rings is 1. The monoisotopic (exact) mass is 491 g/mol. The summed E-state index contributed by atoms with van der Waals surface area (Å²) in [6.45, 7) is 4.92. The van der Waals surface area contributed by atoms with E-state index in [2.05, 4.69) is 74.4 Å². The number of rotatable bonds is 3. The third kappa shape index (κ3) is 3.46. The summed E-state index contributed by atoms with van der Waals surface area (Å²) in [4.78, 5) is 2.52. The second kappa shape index (κ2) is 7.78. The van der Waals surface area contributed by atoms with Crippen LogP contribution < -0.4 is 4.74 Å². The number of ether oxygens (including phenoxy) is 1. The largest absolute Gasteiger partial charge is 0.466 e. The van der Waals surface area contributed by atoms with Gasteiger partial charge >= 0.3 is 0 Å². The van der Waals surface area contributed by atoms with Crippen molar-refractivity contribution in [3.63, 3.8) is 0 Å². The quantitative estimate of drug-likeness (QED) is 0.458. The van der Waals surface area contributed by atoms with Crippen LogP contribution in [0.15, 0.2) is 74.7 Å². The molecule has 3 aliphatic rings. The van der Waals surface area contributed by atoms with Gasteiger partial charge in [-0.25, -0.2) is 5.01 Å². The molecule has 5 nitrogen and oxygen atoms in total.